The molecule has 25 heavy (non-hydrogen) atoms. The van der Waals surface area contributed by atoms with E-state index in [0.717, 1.165) is 60.0 Å². The minimum Gasteiger partial charge on any atom is -0.319 e. The summed E-state index contributed by atoms with van der Waals surface area (Å²) >= 11 is 0. The molecule has 0 bridgehead atoms. The van der Waals surface area contributed by atoms with E-state index in [1.54, 1.807) is 0 Å². The second-order valence-electron chi connectivity index (χ2n) is 6.21. The number of amides is 1. The van der Waals surface area contributed by atoms with E-state index in [0.29, 0.717) is 5.56 Å². The molecule has 1 aromatic heterocycles. The molecule has 0 unspecified atom stereocenters. The van der Waals surface area contributed by atoms with E-state index in [-0.39, 0.29) is 11.6 Å². The van der Waals surface area contributed by atoms with Crippen LogP contribution in [0.5, 0.6) is 0 Å². The zero-order valence-corrected chi connectivity index (χ0v) is 13.5. The van der Waals surface area contributed by atoms with Gasteiger partial charge >= 0.3 is 0 Å². The molecule has 1 N–H and O–H groups in total. The summed E-state index contributed by atoms with van der Waals surface area (Å²) < 4.78 is 27.0. The molecule has 0 saturated carbocycles. The van der Waals surface area contributed by atoms with Crippen molar-refractivity contribution in [3.8, 4) is 0 Å². The van der Waals surface area contributed by atoms with Crippen molar-refractivity contribution in [2.45, 2.75) is 25.7 Å². The molecule has 0 atom stereocenters. The van der Waals surface area contributed by atoms with Crippen LogP contribution in [-0.4, -0.2) is 10.9 Å². The van der Waals surface area contributed by atoms with Gasteiger partial charge in [0.15, 0.2) is 0 Å². The predicted molar refractivity (Wildman–Crippen MR) is 92.7 cm³/mol. The number of halogens is 2. The van der Waals surface area contributed by atoms with Crippen LogP contribution < -0.4 is 5.32 Å². The molecule has 0 radical (unpaired) electrons. The van der Waals surface area contributed by atoms with E-state index in [1.807, 2.05) is 24.3 Å². The number of rotatable bonds is 2. The highest BCUT2D eigenvalue weighted by atomic mass is 19.1. The molecule has 0 saturated heterocycles. The third kappa shape index (κ3) is 2.86. The Balaban J connectivity index is 1.83. The summed E-state index contributed by atoms with van der Waals surface area (Å²) in [4.78, 5) is 17.6. The Hall–Kier alpha value is -2.82. The van der Waals surface area contributed by atoms with Gasteiger partial charge < -0.3 is 5.32 Å². The number of hydrogen-bond acceptors (Lipinski definition) is 2. The van der Waals surface area contributed by atoms with Crippen molar-refractivity contribution in [1.29, 1.82) is 0 Å². The number of fused-ring (bicyclic) bond motifs is 2. The standard InChI is InChI=1S/C20H16F2N2O/c21-12-9-10-18(15(22)11-12)24-20(25)19-13-5-1-3-7-16(13)23-17-8-4-2-6-14(17)19/h1,3,5,7,9-11H,2,4,6,8H2,(H,24,25). The minimum atomic E-state index is -0.791. The fourth-order valence-electron chi connectivity index (χ4n) is 3.41. The van der Waals surface area contributed by atoms with Crippen molar-refractivity contribution in [3.63, 3.8) is 0 Å². The van der Waals surface area contributed by atoms with Crippen LogP contribution in [0.25, 0.3) is 10.9 Å². The number of carbonyl (C=O) groups is 1. The van der Waals surface area contributed by atoms with Gasteiger partial charge in [0.05, 0.1) is 16.8 Å². The SMILES string of the molecule is O=C(Nc1ccc(F)cc1F)c1c2c(nc3ccccc13)CCCC2. The molecular weight excluding hydrogens is 322 g/mol. The minimum absolute atomic E-state index is 0.0307. The molecule has 0 fully saturated rings. The smallest absolute Gasteiger partial charge is 0.256 e. The number of hydrogen-bond donors (Lipinski definition) is 1. The van der Waals surface area contributed by atoms with Crippen LogP contribution in [0.3, 0.4) is 0 Å². The van der Waals surface area contributed by atoms with Crippen molar-refractivity contribution in [2.75, 3.05) is 5.32 Å². The Morgan fingerprint density at radius 2 is 1.84 bits per heavy atom. The topological polar surface area (TPSA) is 42.0 Å². The Bertz CT molecular complexity index is 985. The Morgan fingerprint density at radius 3 is 2.68 bits per heavy atom. The van der Waals surface area contributed by atoms with E-state index < -0.39 is 11.6 Å². The first-order chi connectivity index (χ1) is 12.1. The molecule has 126 valence electrons. The normalized spacial score (nSPS) is 13.5. The van der Waals surface area contributed by atoms with E-state index in [4.69, 9.17) is 4.98 Å². The van der Waals surface area contributed by atoms with Gasteiger partial charge in [-0.05, 0) is 49.4 Å². The van der Waals surface area contributed by atoms with Crippen molar-refractivity contribution < 1.29 is 13.6 Å². The highest BCUT2D eigenvalue weighted by Gasteiger charge is 2.23. The number of para-hydroxylation sites is 1. The van der Waals surface area contributed by atoms with E-state index in [1.165, 1.54) is 6.07 Å². The largest absolute Gasteiger partial charge is 0.319 e. The lowest BCUT2D eigenvalue weighted by Crippen LogP contribution is -2.19. The molecule has 0 spiro atoms. The van der Waals surface area contributed by atoms with E-state index in [2.05, 4.69) is 5.32 Å². The van der Waals surface area contributed by atoms with Crippen LogP contribution in [0, 0.1) is 11.6 Å². The van der Waals surface area contributed by atoms with Crippen LogP contribution in [-0.2, 0) is 12.8 Å². The van der Waals surface area contributed by atoms with Gasteiger partial charge in [0.2, 0.25) is 0 Å². The zero-order valence-electron chi connectivity index (χ0n) is 13.5. The van der Waals surface area contributed by atoms with Crippen molar-refractivity contribution in [1.82, 2.24) is 4.98 Å². The first kappa shape index (κ1) is 15.7. The lowest BCUT2D eigenvalue weighted by atomic mass is 9.89. The number of benzene rings is 2. The number of nitrogens with one attached hydrogen (secondary N) is 1. The molecule has 1 amide bonds. The summed E-state index contributed by atoms with van der Waals surface area (Å²) in [7, 11) is 0. The lowest BCUT2D eigenvalue weighted by Gasteiger charge is -2.20. The first-order valence-corrected chi connectivity index (χ1v) is 8.30. The van der Waals surface area contributed by atoms with Crippen molar-refractivity contribution in [3.05, 3.63) is 70.9 Å². The number of anilines is 1. The van der Waals surface area contributed by atoms with Crippen LogP contribution in [0.2, 0.25) is 0 Å². The maximum absolute atomic E-state index is 13.9. The number of aromatic nitrogens is 1. The molecule has 1 aliphatic carbocycles. The zero-order chi connectivity index (χ0) is 17.4. The van der Waals surface area contributed by atoms with Gasteiger partial charge in [0, 0.05) is 17.1 Å². The average molecular weight is 338 g/mol. The van der Waals surface area contributed by atoms with Crippen LogP contribution in [0.4, 0.5) is 14.5 Å². The molecule has 3 aromatic rings. The fraction of sp³-hybridized carbons (Fsp3) is 0.200. The fourth-order valence-corrected chi connectivity index (χ4v) is 3.41. The van der Waals surface area contributed by atoms with Gasteiger partial charge in [0.1, 0.15) is 11.6 Å². The summed E-state index contributed by atoms with van der Waals surface area (Å²) in [5.74, 6) is -1.86. The maximum Gasteiger partial charge on any atom is 0.256 e. The second kappa shape index (κ2) is 6.24. The number of pyridine rings is 1. The van der Waals surface area contributed by atoms with E-state index >= 15 is 0 Å². The predicted octanol–water partition coefficient (Wildman–Crippen LogP) is 4.64. The number of aryl methyl sites for hydroxylation is 1. The van der Waals surface area contributed by atoms with Gasteiger partial charge in [-0.15, -0.1) is 0 Å². The monoisotopic (exact) mass is 338 g/mol. The maximum atomic E-state index is 13.9. The molecule has 4 rings (SSSR count). The molecule has 1 heterocycles. The Labute approximate surface area is 143 Å². The van der Waals surface area contributed by atoms with Gasteiger partial charge in [-0.2, -0.15) is 0 Å². The van der Waals surface area contributed by atoms with Gasteiger partial charge in [-0.3, -0.25) is 9.78 Å². The van der Waals surface area contributed by atoms with Gasteiger partial charge in [-0.25, -0.2) is 8.78 Å². The van der Waals surface area contributed by atoms with Gasteiger partial charge in [-0.1, -0.05) is 18.2 Å². The Morgan fingerprint density at radius 1 is 1.04 bits per heavy atom. The second-order valence-corrected chi connectivity index (χ2v) is 6.21. The summed E-state index contributed by atoms with van der Waals surface area (Å²) in [6, 6.07) is 10.6. The molecule has 5 heteroatoms. The highest BCUT2D eigenvalue weighted by Crippen LogP contribution is 2.30. The number of nitrogens with zero attached hydrogens (tertiary/aromatic N) is 1. The van der Waals surface area contributed by atoms with Crippen LogP contribution in [0.15, 0.2) is 42.5 Å². The molecule has 3 nitrogen and oxygen atoms in total. The number of carbonyl (C=O) groups excluding carboxylic acids is 1. The van der Waals surface area contributed by atoms with Crippen molar-refractivity contribution in [2.24, 2.45) is 0 Å². The third-order valence-corrected chi connectivity index (χ3v) is 4.58. The van der Waals surface area contributed by atoms with Crippen molar-refractivity contribution >= 4 is 22.5 Å². The van der Waals surface area contributed by atoms with Gasteiger partial charge in [0.25, 0.3) is 5.91 Å². The molecule has 0 aliphatic heterocycles. The third-order valence-electron chi connectivity index (χ3n) is 4.58. The first-order valence-electron chi connectivity index (χ1n) is 8.30. The Kier molecular flexibility index (Phi) is 3.92. The van der Waals surface area contributed by atoms with Crippen LogP contribution in [0.1, 0.15) is 34.5 Å². The molecule has 2 aromatic carbocycles. The highest BCUT2D eigenvalue weighted by molar-refractivity contribution is 6.13. The van der Waals surface area contributed by atoms with E-state index in [9.17, 15) is 13.6 Å². The lowest BCUT2D eigenvalue weighted by molar-refractivity contribution is 0.102. The summed E-state index contributed by atoms with van der Waals surface area (Å²) in [6.45, 7) is 0. The molecule has 1 aliphatic rings. The molecular formula is C20H16F2N2O. The average Bonchev–Trinajstić information content (AvgIpc) is 2.62. The summed E-state index contributed by atoms with van der Waals surface area (Å²) in [6.07, 6.45) is 3.66. The summed E-state index contributed by atoms with van der Waals surface area (Å²) in [5, 5.41) is 3.34. The van der Waals surface area contributed by atoms with Crippen LogP contribution >= 0.6 is 0 Å². The summed E-state index contributed by atoms with van der Waals surface area (Å²) in [5.41, 5.74) is 3.15. The quantitative estimate of drug-likeness (QED) is 0.739.